The van der Waals surface area contributed by atoms with Crippen LogP contribution in [-0.4, -0.2) is 40.8 Å². The molecule has 1 aliphatic heterocycles. The fourth-order valence-corrected chi connectivity index (χ4v) is 2.77. The van der Waals surface area contributed by atoms with E-state index in [1.165, 1.54) is 0 Å². The lowest BCUT2D eigenvalue weighted by molar-refractivity contribution is -0.153. The second-order valence-electron chi connectivity index (χ2n) is 6.07. The van der Waals surface area contributed by atoms with Gasteiger partial charge in [-0.05, 0) is 19.8 Å². The Morgan fingerprint density at radius 3 is 2.50 bits per heavy atom. The molecule has 5 nitrogen and oxygen atoms in total. The molecule has 1 aromatic rings. The number of carboxylic acid groups (broad SMARTS) is 1. The molecular weight excluding hydrogens is 282 g/mol. The van der Waals surface area contributed by atoms with Crippen LogP contribution in [0.4, 0.5) is 0 Å². The van der Waals surface area contributed by atoms with Crippen LogP contribution >= 0.6 is 0 Å². The third kappa shape index (κ3) is 3.72. The van der Waals surface area contributed by atoms with Crippen molar-refractivity contribution < 1.29 is 19.5 Å². The molecule has 1 fully saturated rings. The zero-order valence-corrected chi connectivity index (χ0v) is 12.7. The molecule has 1 saturated heterocycles. The number of benzene rings is 1. The van der Waals surface area contributed by atoms with Crippen LogP contribution in [-0.2, 0) is 9.59 Å². The van der Waals surface area contributed by atoms with Gasteiger partial charge in [0.15, 0.2) is 5.78 Å². The summed E-state index contributed by atoms with van der Waals surface area (Å²) in [5.41, 5.74) is -0.276. The summed E-state index contributed by atoms with van der Waals surface area (Å²) in [5.74, 6) is -1.08. The van der Waals surface area contributed by atoms with Gasteiger partial charge in [-0.1, -0.05) is 30.3 Å². The van der Waals surface area contributed by atoms with Crippen molar-refractivity contribution in [2.45, 2.75) is 32.6 Å². The summed E-state index contributed by atoms with van der Waals surface area (Å²) in [6.07, 6.45) is 1.54. The second-order valence-corrected chi connectivity index (χ2v) is 6.07. The lowest BCUT2D eigenvalue weighted by Gasteiger charge is -2.37. The molecule has 1 amide bonds. The Labute approximate surface area is 129 Å². The Morgan fingerprint density at radius 2 is 1.86 bits per heavy atom. The number of amides is 1. The summed E-state index contributed by atoms with van der Waals surface area (Å²) in [6.45, 7) is 2.46. The van der Waals surface area contributed by atoms with E-state index >= 15 is 0 Å². The largest absolute Gasteiger partial charge is 0.481 e. The molecule has 22 heavy (non-hydrogen) atoms. The highest BCUT2D eigenvalue weighted by Crippen LogP contribution is 2.30. The maximum atomic E-state index is 12.2. The van der Waals surface area contributed by atoms with Gasteiger partial charge in [-0.25, -0.2) is 0 Å². The molecule has 0 bridgehead atoms. The van der Waals surface area contributed by atoms with E-state index in [2.05, 4.69) is 0 Å². The first-order valence-electron chi connectivity index (χ1n) is 7.52. The average molecular weight is 303 g/mol. The Hall–Kier alpha value is -2.17. The van der Waals surface area contributed by atoms with E-state index < -0.39 is 11.4 Å². The third-order valence-electron chi connectivity index (χ3n) is 4.23. The Bertz CT molecular complexity index is 569. The molecule has 5 heteroatoms. The van der Waals surface area contributed by atoms with E-state index in [0.717, 1.165) is 0 Å². The molecule has 1 aromatic carbocycles. The molecule has 0 spiro atoms. The number of carboxylic acids is 1. The van der Waals surface area contributed by atoms with Gasteiger partial charge in [0.05, 0.1) is 5.41 Å². The number of carbonyl (C=O) groups excluding carboxylic acids is 2. The minimum absolute atomic E-state index is 0.0630. The molecule has 1 N–H and O–H groups in total. The van der Waals surface area contributed by atoms with Gasteiger partial charge in [0, 0.05) is 31.5 Å². The predicted octanol–water partition coefficient (Wildman–Crippen LogP) is 2.36. The summed E-state index contributed by atoms with van der Waals surface area (Å²) >= 11 is 0. The van der Waals surface area contributed by atoms with Gasteiger partial charge < -0.3 is 10.0 Å². The van der Waals surface area contributed by atoms with Crippen molar-refractivity contribution in [2.24, 2.45) is 5.41 Å². The van der Waals surface area contributed by atoms with E-state index in [0.29, 0.717) is 24.9 Å². The minimum Gasteiger partial charge on any atom is -0.481 e. The van der Waals surface area contributed by atoms with Crippen LogP contribution < -0.4 is 0 Å². The van der Waals surface area contributed by atoms with Gasteiger partial charge in [-0.15, -0.1) is 0 Å². The monoisotopic (exact) mass is 303 g/mol. The molecule has 0 saturated carbocycles. The zero-order chi connectivity index (χ0) is 16.2. The molecule has 0 radical (unpaired) electrons. The highest BCUT2D eigenvalue weighted by Gasteiger charge is 2.39. The highest BCUT2D eigenvalue weighted by molar-refractivity contribution is 5.97. The number of nitrogens with zero attached hydrogens (tertiary/aromatic N) is 1. The van der Waals surface area contributed by atoms with Gasteiger partial charge >= 0.3 is 5.97 Å². The molecule has 0 aliphatic carbocycles. The summed E-state index contributed by atoms with van der Waals surface area (Å²) in [6, 6.07) is 8.88. The minimum atomic E-state index is -0.878. The molecule has 1 atom stereocenters. The first-order valence-corrected chi connectivity index (χ1v) is 7.52. The van der Waals surface area contributed by atoms with Crippen LogP contribution in [0, 0.1) is 5.41 Å². The van der Waals surface area contributed by atoms with E-state index in [-0.39, 0.29) is 31.1 Å². The predicted molar refractivity (Wildman–Crippen MR) is 81.6 cm³/mol. The smallest absolute Gasteiger partial charge is 0.311 e. The number of piperidine rings is 1. The van der Waals surface area contributed by atoms with Gasteiger partial charge in [0.2, 0.25) is 5.91 Å². The van der Waals surface area contributed by atoms with Crippen molar-refractivity contribution in [3.63, 3.8) is 0 Å². The van der Waals surface area contributed by atoms with Crippen molar-refractivity contribution in [3.8, 4) is 0 Å². The number of aliphatic carboxylic acids is 1. The number of Topliss-reactive ketones (excluding diaryl/α,β-unsaturated/α-hetero) is 1. The number of likely N-dealkylation sites (tertiary alicyclic amines) is 1. The van der Waals surface area contributed by atoms with Crippen molar-refractivity contribution in [1.29, 1.82) is 0 Å². The molecule has 2 rings (SSSR count). The highest BCUT2D eigenvalue weighted by atomic mass is 16.4. The van der Waals surface area contributed by atoms with Crippen molar-refractivity contribution in [2.75, 3.05) is 13.1 Å². The van der Waals surface area contributed by atoms with Gasteiger partial charge in [-0.3, -0.25) is 14.4 Å². The summed E-state index contributed by atoms with van der Waals surface area (Å²) in [5, 5.41) is 9.27. The number of hydrogen-bond acceptors (Lipinski definition) is 3. The van der Waals surface area contributed by atoms with Gasteiger partial charge in [-0.2, -0.15) is 0 Å². The van der Waals surface area contributed by atoms with E-state index in [1.807, 2.05) is 6.07 Å². The van der Waals surface area contributed by atoms with Crippen molar-refractivity contribution >= 4 is 17.7 Å². The van der Waals surface area contributed by atoms with Gasteiger partial charge in [0.25, 0.3) is 0 Å². The van der Waals surface area contributed by atoms with E-state index in [1.54, 1.807) is 36.1 Å². The number of ketones is 1. The number of carbonyl (C=O) groups is 3. The molecule has 1 heterocycles. The van der Waals surface area contributed by atoms with Gasteiger partial charge in [0.1, 0.15) is 0 Å². The Kier molecular flexibility index (Phi) is 4.96. The summed E-state index contributed by atoms with van der Waals surface area (Å²) in [4.78, 5) is 37.1. The van der Waals surface area contributed by atoms with E-state index in [4.69, 9.17) is 0 Å². The quantitative estimate of drug-likeness (QED) is 0.847. The third-order valence-corrected chi connectivity index (χ3v) is 4.23. The standard InChI is InChI=1S/C17H21NO4/c1-17(16(21)22)10-5-11-18(12-17)15(20)9-8-14(19)13-6-3-2-4-7-13/h2-4,6-7H,5,8-12H2,1H3,(H,21,22). The SMILES string of the molecule is CC1(C(=O)O)CCCN(C(=O)CCC(=O)c2ccccc2)C1. The molecule has 1 unspecified atom stereocenters. The first-order chi connectivity index (χ1) is 10.4. The Balaban J connectivity index is 1.90. The fraction of sp³-hybridized carbons (Fsp3) is 0.471. The van der Waals surface area contributed by atoms with Crippen molar-refractivity contribution in [3.05, 3.63) is 35.9 Å². The normalized spacial score (nSPS) is 21.4. The van der Waals surface area contributed by atoms with Crippen LogP contribution in [0.5, 0.6) is 0 Å². The topological polar surface area (TPSA) is 74.7 Å². The average Bonchev–Trinajstić information content (AvgIpc) is 2.53. The lowest BCUT2D eigenvalue weighted by Crippen LogP contribution is -2.48. The fourth-order valence-electron chi connectivity index (χ4n) is 2.77. The van der Waals surface area contributed by atoms with Crippen LogP contribution in [0.2, 0.25) is 0 Å². The van der Waals surface area contributed by atoms with Crippen LogP contribution in [0.3, 0.4) is 0 Å². The molecule has 1 aliphatic rings. The Morgan fingerprint density at radius 1 is 1.18 bits per heavy atom. The van der Waals surface area contributed by atoms with Crippen LogP contribution in [0.25, 0.3) is 0 Å². The maximum absolute atomic E-state index is 12.2. The molecular formula is C17H21NO4. The summed E-state index contributed by atoms with van der Waals surface area (Å²) < 4.78 is 0. The second kappa shape index (κ2) is 6.73. The van der Waals surface area contributed by atoms with Crippen LogP contribution in [0.15, 0.2) is 30.3 Å². The zero-order valence-electron chi connectivity index (χ0n) is 12.7. The maximum Gasteiger partial charge on any atom is 0.311 e. The van der Waals surface area contributed by atoms with Crippen LogP contribution in [0.1, 0.15) is 43.0 Å². The van der Waals surface area contributed by atoms with E-state index in [9.17, 15) is 19.5 Å². The number of rotatable bonds is 5. The first kappa shape index (κ1) is 16.2. The molecule has 0 aromatic heterocycles. The number of hydrogen-bond donors (Lipinski definition) is 1. The summed E-state index contributed by atoms with van der Waals surface area (Å²) in [7, 11) is 0. The van der Waals surface area contributed by atoms with Crippen molar-refractivity contribution in [1.82, 2.24) is 4.90 Å². The molecule has 118 valence electrons. The lowest BCUT2D eigenvalue weighted by atomic mass is 9.82.